The van der Waals surface area contributed by atoms with E-state index in [4.69, 9.17) is 0 Å². The summed E-state index contributed by atoms with van der Waals surface area (Å²) in [5, 5.41) is 6.90. The van der Waals surface area contributed by atoms with Crippen molar-refractivity contribution in [3.8, 4) is 0 Å². The highest BCUT2D eigenvalue weighted by atomic mass is 19.4. The van der Waals surface area contributed by atoms with Crippen molar-refractivity contribution in [2.75, 3.05) is 0 Å². The molecule has 0 aliphatic heterocycles. The van der Waals surface area contributed by atoms with Gasteiger partial charge in [-0.25, -0.2) is 4.68 Å². The van der Waals surface area contributed by atoms with Gasteiger partial charge in [0.1, 0.15) is 5.69 Å². The van der Waals surface area contributed by atoms with Crippen LogP contribution in [0.3, 0.4) is 0 Å². The third kappa shape index (κ3) is 3.46. The number of alkyl halides is 5. The van der Waals surface area contributed by atoms with E-state index >= 15 is 0 Å². The summed E-state index contributed by atoms with van der Waals surface area (Å²) in [6.07, 6.45) is -2.55. The molecule has 0 atom stereocenters. The van der Waals surface area contributed by atoms with Crippen LogP contribution < -0.4 is 0 Å². The van der Waals surface area contributed by atoms with Crippen molar-refractivity contribution in [1.29, 1.82) is 0 Å². The number of nitrogens with zero attached hydrogens (tertiary/aromatic N) is 3. The van der Waals surface area contributed by atoms with Crippen LogP contribution >= 0.6 is 0 Å². The number of aromatic nitrogens is 3. The molecule has 0 saturated carbocycles. The van der Waals surface area contributed by atoms with Crippen LogP contribution in [-0.2, 0) is 18.9 Å². The van der Waals surface area contributed by atoms with Gasteiger partial charge in [-0.15, -0.1) is 5.10 Å². The normalized spacial score (nSPS) is 12.9. The molecule has 0 unspecified atom stereocenters. The Morgan fingerprint density at radius 3 is 2.15 bits per heavy atom. The van der Waals surface area contributed by atoms with E-state index in [0.29, 0.717) is 11.1 Å². The summed E-state index contributed by atoms with van der Waals surface area (Å²) in [6, 6.07) is 0. The number of aryl methyl sites for hydroxylation is 2. The van der Waals surface area contributed by atoms with E-state index in [9.17, 15) is 22.0 Å². The fourth-order valence-corrected chi connectivity index (χ4v) is 1.91. The van der Waals surface area contributed by atoms with Crippen LogP contribution in [0.4, 0.5) is 22.0 Å². The molecule has 0 saturated heterocycles. The minimum absolute atomic E-state index is 0.0179. The molecule has 116 valence electrons. The van der Waals surface area contributed by atoms with E-state index in [1.807, 2.05) is 6.92 Å². The topological polar surface area (TPSA) is 30.7 Å². The molecule has 1 rings (SSSR count). The first-order valence-electron chi connectivity index (χ1n) is 6.63. The largest absolute Gasteiger partial charge is 0.459 e. The summed E-state index contributed by atoms with van der Waals surface area (Å²) in [4.78, 5) is 0. The second-order valence-electron chi connectivity index (χ2n) is 4.59. The Morgan fingerprint density at radius 1 is 1.00 bits per heavy atom. The molecule has 0 amide bonds. The van der Waals surface area contributed by atoms with Gasteiger partial charge in [0.2, 0.25) is 0 Å². The third-order valence-electron chi connectivity index (χ3n) is 3.02. The fraction of sp³-hybridized carbons (Fsp3) is 0.833. The first kappa shape index (κ1) is 16.8. The maximum Gasteiger partial charge on any atom is 0.459 e. The summed E-state index contributed by atoms with van der Waals surface area (Å²) < 4.78 is 65.4. The lowest BCUT2D eigenvalue weighted by molar-refractivity contribution is -0.292. The highest BCUT2D eigenvalue weighted by Crippen LogP contribution is 2.44. The van der Waals surface area contributed by atoms with Gasteiger partial charge in [-0.3, -0.25) is 0 Å². The van der Waals surface area contributed by atoms with Crippen molar-refractivity contribution in [3.63, 3.8) is 0 Å². The molecule has 0 bridgehead atoms. The van der Waals surface area contributed by atoms with Crippen molar-refractivity contribution in [1.82, 2.24) is 15.0 Å². The maximum absolute atomic E-state index is 13.6. The zero-order valence-electron chi connectivity index (χ0n) is 11.5. The predicted molar refractivity (Wildman–Crippen MR) is 63.5 cm³/mol. The molecule has 0 aromatic carbocycles. The van der Waals surface area contributed by atoms with Crippen molar-refractivity contribution < 1.29 is 22.0 Å². The zero-order chi connectivity index (χ0) is 15.4. The van der Waals surface area contributed by atoms with Crippen LogP contribution in [0.2, 0.25) is 0 Å². The van der Waals surface area contributed by atoms with E-state index in [-0.39, 0.29) is 18.7 Å². The van der Waals surface area contributed by atoms with E-state index in [1.165, 1.54) is 6.92 Å². The molecule has 0 spiro atoms. The number of halogens is 5. The number of unbranched alkanes of at least 4 members (excludes halogenated alkanes) is 3. The monoisotopic (exact) mass is 299 g/mol. The number of hydrogen-bond donors (Lipinski definition) is 0. The smallest absolute Gasteiger partial charge is 0.243 e. The van der Waals surface area contributed by atoms with Crippen LogP contribution in [0.5, 0.6) is 0 Å². The van der Waals surface area contributed by atoms with Crippen LogP contribution in [0.15, 0.2) is 0 Å². The molecule has 0 aliphatic carbocycles. The predicted octanol–water partition coefficient (Wildman–Crippen LogP) is 4.07. The summed E-state index contributed by atoms with van der Waals surface area (Å²) >= 11 is 0. The van der Waals surface area contributed by atoms with Gasteiger partial charge in [-0.1, -0.05) is 38.3 Å². The summed E-state index contributed by atoms with van der Waals surface area (Å²) in [5.41, 5.74) is -1.42. The molecule has 8 heteroatoms. The van der Waals surface area contributed by atoms with Crippen LogP contribution in [0, 0.1) is 0 Å². The van der Waals surface area contributed by atoms with Gasteiger partial charge in [0.15, 0.2) is 0 Å². The highest BCUT2D eigenvalue weighted by molar-refractivity contribution is 5.18. The van der Waals surface area contributed by atoms with Crippen molar-refractivity contribution >= 4 is 0 Å². The molecule has 1 aromatic rings. The van der Waals surface area contributed by atoms with Gasteiger partial charge in [0.25, 0.3) is 0 Å². The Hall–Kier alpha value is -1.21. The van der Waals surface area contributed by atoms with Gasteiger partial charge in [-0.2, -0.15) is 22.0 Å². The lowest BCUT2D eigenvalue weighted by atomic mass is 10.1. The Kier molecular flexibility index (Phi) is 5.47. The van der Waals surface area contributed by atoms with E-state index in [2.05, 4.69) is 10.3 Å². The quantitative estimate of drug-likeness (QED) is 0.561. The molecule has 0 radical (unpaired) electrons. The first-order valence-corrected chi connectivity index (χ1v) is 6.63. The SMILES string of the molecule is CCCCCCn1nnc(CC)c1C(F)(F)C(F)(F)F. The Morgan fingerprint density at radius 2 is 1.65 bits per heavy atom. The van der Waals surface area contributed by atoms with Crippen molar-refractivity contribution in [2.45, 2.75) is 64.6 Å². The van der Waals surface area contributed by atoms with Gasteiger partial charge in [0.05, 0.1) is 5.69 Å². The van der Waals surface area contributed by atoms with E-state index < -0.39 is 17.8 Å². The van der Waals surface area contributed by atoms with Gasteiger partial charge in [0, 0.05) is 6.54 Å². The van der Waals surface area contributed by atoms with Crippen molar-refractivity contribution in [3.05, 3.63) is 11.4 Å². The van der Waals surface area contributed by atoms with Crippen LogP contribution in [0.25, 0.3) is 0 Å². The molecular weight excluding hydrogens is 281 g/mol. The summed E-state index contributed by atoms with van der Waals surface area (Å²) in [5.74, 6) is -4.92. The molecule has 0 fully saturated rings. The van der Waals surface area contributed by atoms with Crippen LogP contribution in [0.1, 0.15) is 50.9 Å². The molecule has 0 aliphatic rings. The standard InChI is InChI=1S/C12H18F5N3/c1-3-5-6-7-8-20-10(9(4-2)18-19-20)11(13,14)12(15,16)17/h3-8H2,1-2H3. The first-order chi connectivity index (χ1) is 9.25. The summed E-state index contributed by atoms with van der Waals surface area (Å²) in [7, 11) is 0. The zero-order valence-corrected chi connectivity index (χ0v) is 11.5. The Balaban J connectivity index is 3.01. The third-order valence-corrected chi connectivity index (χ3v) is 3.02. The number of rotatable bonds is 7. The van der Waals surface area contributed by atoms with E-state index in [1.54, 1.807) is 0 Å². The van der Waals surface area contributed by atoms with Gasteiger partial charge >= 0.3 is 12.1 Å². The second-order valence-corrected chi connectivity index (χ2v) is 4.59. The minimum Gasteiger partial charge on any atom is -0.243 e. The number of hydrogen-bond acceptors (Lipinski definition) is 2. The molecule has 0 N–H and O–H groups in total. The van der Waals surface area contributed by atoms with Gasteiger partial charge in [-0.05, 0) is 12.8 Å². The minimum atomic E-state index is -5.64. The molecule has 20 heavy (non-hydrogen) atoms. The molecule has 1 aromatic heterocycles. The lowest BCUT2D eigenvalue weighted by Crippen LogP contribution is -2.37. The average Bonchev–Trinajstić information content (AvgIpc) is 2.76. The average molecular weight is 299 g/mol. The fourth-order valence-electron chi connectivity index (χ4n) is 1.91. The molecule has 3 nitrogen and oxygen atoms in total. The molecule has 1 heterocycles. The summed E-state index contributed by atoms with van der Waals surface area (Å²) in [6.45, 7) is 3.48. The van der Waals surface area contributed by atoms with E-state index in [0.717, 1.165) is 19.3 Å². The second kappa shape index (κ2) is 6.49. The maximum atomic E-state index is 13.6. The van der Waals surface area contributed by atoms with Crippen LogP contribution in [-0.4, -0.2) is 21.2 Å². The highest BCUT2D eigenvalue weighted by Gasteiger charge is 2.61. The van der Waals surface area contributed by atoms with Gasteiger partial charge < -0.3 is 0 Å². The Labute approximate surface area is 114 Å². The van der Waals surface area contributed by atoms with Crippen molar-refractivity contribution in [2.24, 2.45) is 0 Å². The Bertz CT molecular complexity index is 425. The molecular formula is C12H18F5N3. The lowest BCUT2D eigenvalue weighted by Gasteiger charge is -2.21.